The van der Waals surface area contributed by atoms with E-state index >= 15 is 0 Å². The molecule has 4 bridgehead atoms. The highest BCUT2D eigenvalue weighted by atomic mass is 16.2. The lowest BCUT2D eigenvalue weighted by Crippen LogP contribution is -2.56. The van der Waals surface area contributed by atoms with Gasteiger partial charge in [-0.3, -0.25) is 24.5 Å². The topological polar surface area (TPSA) is 189 Å². The molecule has 9 N–H and O–H groups in total. The number of carbonyl (C=O) groups is 4. The van der Waals surface area contributed by atoms with Crippen LogP contribution in [0.15, 0.2) is 18.2 Å². The van der Waals surface area contributed by atoms with Gasteiger partial charge in [-0.25, -0.2) is 4.98 Å². The highest BCUT2D eigenvalue weighted by molar-refractivity contribution is 5.96. The first-order valence-corrected chi connectivity index (χ1v) is 14.2. The summed E-state index contributed by atoms with van der Waals surface area (Å²) in [7, 11) is 0. The third kappa shape index (κ3) is 11.5. The highest BCUT2D eigenvalue weighted by Gasteiger charge is 2.29. The number of fused-ring (bicyclic) bond motifs is 4. The van der Waals surface area contributed by atoms with E-state index in [9.17, 15) is 19.2 Å². The molecule has 3 aliphatic rings. The molecule has 2 saturated heterocycles. The summed E-state index contributed by atoms with van der Waals surface area (Å²) in [5.74, 6) is -0.543. The lowest BCUT2D eigenvalue weighted by atomic mass is 9.97. The van der Waals surface area contributed by atoms with Crippen molar-refractivity contribution in [2.45, 2.75) is 31.3 Å². The fourth-order valence-electron chi connectivity index (χ4n) is 4.39. The first-order valence-electron chi connectivity index (χ1n) is 14.2. The highest BCUT2D eigenvalue weighted by Crippen LogP contribution is 2.13. The minimum atomic E-state index is -0.269. The molecule has 2 atom stereocenters. The van der Waals surface area contributed by atoms with Crippen LogP contribution < -0.4 is 47.9 Å². The molecule has 222 valence electrons. The van der Waals surface area contributed by atoms with Crippen LogP contribution in [0.1, 0.15) is 40.2 Å². The molecular weight excluding hydrogens is 516 g/mol. The van der Waals surface area contributed by atoms with E-state index in [2.05, 4.69) is 52.8 Å². The molecule has 3 aliphatic heterocycles. The molecule has 14 nitrogen and oxygen atoms in total. The maximum atomic E-state index is 12.0. The van der Waals surface area contributed by atoms with E-state index in [1.807, 2.05) is 0 Å². The molecule has 4 amide bonds. The summed E-state index contributed by atoms with van der Waals surface area (Å²) in [4.78, 5) is 51.9. The number of hydrogen-bond donors (Lipinski definition) is 9. The van der Waals surface area contributed by atoms with Crippen LogP contribution in [0.5, 0.6) is 0 Å². The van der Waals surface area contributed by atoms with E-state index < -0.39 is 0 Å². The van der Waals surface area contributed by atoms with Crippen LogP contribution in [-0.4, -0.2) is 119 Å². The summed E-state index contributed by atoms with van der Waals surface area (Å²) in [6, 6.07) is 4.36. The monoisotopic (exact) mass is 560 g/mol. The Morgan fingerprint density at radius 2 is 0.900 bits per heavy atom. The van der Waals surface area contributed by atoms with Gasteiger partial charge in [0, 0.05) is 78.5 Å². The van der Waals surface area contributed by atoms with Crippen molar-refractivity contribution in [3.63, 3.8) is 0 Å². The first kappa shape index (κ1) is 31.4. The molecule has 40 heavy (non-hydrogen) atoms. The molecule has 0 radical (unpaired) electrons. The van der Waals surface area contributed by atoms with Crippen molar-refractivity contribution in [1.29, 1.82) is 0 Å². The summed E-state index contributed by atoms with van der Waals surface area (Å²) in [5, 5.41) is 27.4. The average Bonchev–Trinajstić information content (AvgIpc) is 2.98. The van der Waals surface area contributed by atoms with Crippen LogP contribution in [0.2, 0.25) is 0 Å². The third-order valence-electron chi connectivity index (χ3n) is 6.57. The SMILES string of the molecule is O=C1NCCNCCNCCNC(=O)C2CCCC1N2.O=C1NCCNCCNCCNC(=O)c2cccc1n2. The van der Waals surface area contributed by atoms with E-state index in [0.717, 1.165) is 58.5 Å². The summed E-state index contributed by atoms with van der Waals surface area (Å²) in [6.45, 7) is 8.56. The molecule has 0 saturated carbocycles. The van der Waals surface area contributed by atoms with E-state index in [0.29, 0.717) is 39.3 Å². The Balaban J connectivity index is 0.000000220. The summed E-state index contributed by atoms with van der Waals surface area (Å²) in [5.41, 5.74) is 0.510. The second-order valence-electron chi connectivity index (χ2n) is 9.70. The van der Waals surface area contributed by atoms with Gasteiger partial charge in [0.2, 0.25) is 11.8 Å². The zero-order valence-electron chi connectivity index (χ0n) is 23.1. The summed E-state index contributed by atoms with van der Waals surface area (Å²) < 4.78 is 0. The number of hydrogen-bond acceptors (Lipinski definition) is 10. The molecule has 0 aliphatic carbocycles. The van der Waals surface area contributed by atoms with Crippen LogP contribution in [0.3, 0.4) is 0 Å². The second kappa shape index (κ2) is 18.2. The standard InChI is InChI=1S/C13H25N5O2.C13H19N5O2/c2*19-12-10-2-1-3-11(18-10)13(20)17-9-7-15-5-4-14-6-8-16-12/h10-11,14-15,18H,1-9H2,(H,16,19)(H,17,20);1-3,14-15H,4-9H2,(H,16,19)(H,17,20). The van der Waals surface area contributed by atoms with Gasteiger partial charge in [0.25, 0.3) is 11.8 Å². The Bertz CT molecular complexity index is 894. The second-order valence-corrected chi connectivity index (χ2v) is 9.70. The quantitative estimate of drug-likeness (QED) is 0.155. The molecule has 0 spiro atoms. The molecule has 4 heterocycles. The van der Waals surface area contributed by atoms with Gasteiger partial charge in [0.05, 0.1) is 12.1 Å². The number of aromatic nitrogens is 1. The fourth-order valence-corrected chi connectivity index (χ4v) is 4.39. The van der Waals surface area contributed by atoms with E-state index in [4.69, 9.17) is 0 Å². The smallest absolute Gasteiger partial charge is 0.269 e. The van der Waals surface area contributed by atoms with Crippen molar-refractivity contribution >= 4 is 23.6 Å². The number of amides is 4. The first-order chi connectivity index (χ1) is 19.5. The van der Waals surface area contributed by atoms with Crippen LogP contribution >= 0.6 is 0 Å². The number of nitrogens with zero attached hydrogens (tertiary/aromatic N) is 1. The van der Waals surface area contributed by atoms with Gasteiger partial charge >= 0.3 is 0 Å². The Labute approximate surface area is 235 Å². The van der Waals surface area contributed by atoms with Crippen LogP contribution in [0.25, 0.3) is 0 Å². The summed E-state index contributed by atoms with van der Waals surface area (Å²) in [6.07, 6.45) is 2.49. The van der Waals surface area contributed by atoms with Gasteiger partial charge in [0.1, 0.15) is 11.4 Å². The van der Waals surface area contributed by atoms with Gasteiger partial charge in [-0.05, 0) is 31.4 Å². The predicted octanol–water partition coefficient (Wildman–Crippen LogP) is -3.34. The van der Waals surface area contributed by atoms with E-state index in [1.165, 1.54) is 0 Å². The van der Waals surface area contributed by atoms with Crippen molar-refractivity contribution in [3.05, 3.63) is 29.6 Å². The largest absolute Gasteiger partial charge is 0.353 e. The number of rotatable bonds is 0. The average molecular weight is 561 g/mol. The lowest BCUT2D eigenvalue weighted by molar-refractivity contribution is -0.127. The third-order valence-corrected chi connectivity index (χ3v) is 6.57. The van der Waals surface area contributed by atoms with Crippen LogP contribution in [0, 0.1) is 0 Å². The molecule has 1 aromatic heterocycles. The van der Waals surface area contributed by atoms with Crippen LogP contribution in [0.4, 0.5) is 0 Å². The molecule has 4 rings (SSSR count). The predicted molar refractivity (Wildman–Crippen MR) is 151 cm³/mol. The fraction of sp³-hybridized carbons (Fsp3) is 0.654. The summed E-state index contributed by atoms with van der Waals surface area (Å²) >= 11 is 0. The van der Waals surface area contributed by atoms with Crippen molar-refractivity contribution in [1.82, 2.24) is 52.8 Å². The number of piperidine rings is 1. The zero-order valence-corrected chi connectivity index (χ0v) is 23.1. The number of carbonyl (C=O) groups excluding carboxylic acids is 4. The number of nitrogens with one attached hydrogen (secondary N) is 9. The molecule has 14 heteroatoms. The van der Waals surface area contributed by atoms with Gasteiger partial charge < -0.3 is 42.5 Å². The van der Waals surface area contributed by atoms with Crippen molar-refractivity contribution in [2.75, 3.05) is 78.5 Å². The molecule has 0 aromatic carbocycles. The van der Waals surface area contributed by atoms with Gasteiger partial charge in [0.15, 0.2) is 0 Å². The Morgan fingerprint density at radius 3 is 1.32 bits per heavy atom. The Kier molecular flexibility index (Phi) is 14.3. The maximum absolute atomic E-state index is 12.0. The van der Waals surface area contributed by atoms with Crippen molar-refractivity contribution in [3.8, 4) is 0 Å². The Hall–Kier alpha value is -3.17. The maximum Gasteiger partial charge on any atom is 0.269 e. The Morgan fingerprint density at radius 1 is 0.525 bits per heavy atom. The molecule has 2 fully saturated rings. The molecule has 2 unspecified atom stereocenters. The van der Waals surface area contributed by atoms with E-state index in [-0.39, 0.29) is 47.1 Å². The normalized spacial score (nSPS) is 24.5. The van der Waals surface area contributed by atoms with E-state index in [1.54, 1.807) is 18.2 Å². The van der Waals surface area contributed by atoms with Crippen molar-refractivity contribution in [2.24, 2.45) is 0 Å². The minimum absolute atomic E-state index is 0.00250. The van der Waals surface area contributed by atoms with Gasteiger partial charge in [-0.15, -0.1) is 0 Å². The molecular formula is C26H44N10O4. The van der Waals surface area contributed by atoms with Gasteiger partial charge in [-0.1, -0.05) is 6.07 Å². The minimum Gasteiger partial charge on any atom is -0.353 e. The zero-order chi connectivity index (χ0) is 28.4. The van der Waals surface area contributed by atoms with Crippen molar-refractivity contribution < 1.29 is 19.2 Å². The van der Waals surface area contributed by atoms with Gasteiger partial charge in [-0.2, -0.15) is 0 Å². The van der Waals surface area contributed by atoms with Crippen LogP contribution in [-0.2, 0) is 9.59 Å². The molecule has 1 aromatic rings. The lowest BCUT2D eigenvalue weighted by Gasteiger charge is -2.29. The number of pyridine rings is 1.